The first-order valence-electron chi connectivity index (χ1n) is 3.79. The van der Waals surface area contributed by atoms with E-state index in [-0.39, 0.29) is 10.7 Å². The van der Waals surface area contributed by atoms with E-state index in [1.807, 2.05) is 0 Å². The van der Waals surface area contributed by atoms with Gasteiger partial charge < -0.3 is 0 Å². The van der Waals surface area contributed by atoms with Crippen molar-refractivity contribution in [3.05, 3.63) is 34.6 Å². The van der Waals surface area contributed by atoms with Crippen LogP contribution in [0.2, 0.25) is 5.02 Å². The van der Waals surface area contributed by atoms with Crippen LogP contribution >= 0.6 is 11.6 Å². The fourth-order valence-corrected chi connectivity index (χ4v) is 1.09. The Labute approximate surface area is 88.4 Å². The number of hydrogen-bond acceptors (Lipinski definition) is 2. The van der Waals surface area contributed by atoms with Crippen molar-refractivity contribution >= 4 is 24.0 Å². The summed E-state index contributed by atoms with van der Waals surface area (Å²) in [5.41, 5.74) is -0.799. The van der Waals surface area contributed by atoms with Crippen molar-refractivity contribution in [2.24, 2.45) is 0 Å². The van der Waals surface area contributed by atoms with Gasteiger partial charge in [0, 0.05) is 6.20 Å². The van der Waals surface area contributed by atoms with Crippen LogP contribution in [0.15, 0.2) is 18.3 Å². The molecule has 0 N–H and O–H groups in total. The highest BCUT2D eigenvalue weighted by Crippen LogP contribution is 2.31. The highest BCUT2D eigenvalue weighted by molar-refractivity contribution is 6.31. The monoisotopic (exact) mass is 235 g/mol. The predicted octanol–water partition coefficient (Wildman–Crippen LogP) is 2.97. The molecule has 15 heavy (non-hydrogen) atoms. The van der Waals surface area contributed by atoms with E-state index in [0.29, 0.717) is 12.5 Å². The molecule has 1 aromatic heterocycles. The van der Waals surface area contributed by atoms with E-state index in [2.05, 4.69) is 4.98 Å². The van der Waals surface area contributed by atoms with Crippen LogP contribution in [-0.2, 0) is 11.0 Å². The van der Waals surface area contributed by atoms with Gasteiger partial charge >= 0.3 is 6.18 Å². The Bertz CT molecular complexity index is 401. The van der Waals surface area contributed by atoms with Crippen LogP contribution in [0.1, 0.15) is 11.3 Å². The summed E-state index contributed by atoms with van der Waals surface area (Å²) in [6.45, 7) is 0. The van der Waals surface area contributed by atoms with Gasteiger partial charge in [-0.15, -0.1) is 0 Å². The fourth-order valence-electron chi connectivity index (χ4n) is 0.857. The van der Waals surface area contributed by atoms with Gasteiger partial charge in [0.05, 0.1) is 16.3 Å². The quantitative estimate of drug-likeness (QED) is 0.583. The maximum Gasteiger partial charge on any atom is 0.417 e. The van der Waals surface area contributed by atoms with Gasteiger partial charge in [-0.3, -0.25) is 9.78 Å². The minimum atomic E-state index is -4.47. The number of carbonyl (C=O) groups is 1. The third-order valence-electron chi connectivity index (χ3n) is 1.53. The minimum absolute atomic E-state index is 0.122. The molecular formula is C9H5ClF3NO. The lowest BCUT2D eigenvalue weighted by atomic mass is 10.2. The summed E-state index contributed by atoms with van der Waals surface area (Å²) < 4.78 is 36.5. The number of pyridine rings is 1. The predicted molar refractivity (Wildman–Crippen MR) is 49.3 cm³/mol. The number of rotatable bonds is 2. The molecule has 0 spiro atoms. The lowest BCUT2D eigenvalue weighted by Crippen LogP contribution is -2.05. The van der Waals surface area contributed by atoms with Crippen LogP contribution in [0, 0.1) is 0 Å². The van der Waals surface area contributed by atoms with Gasteiger partial charge in [0.15, 0.2) is 0 Å². The van der Waals surface area contributed by atoms with Crippen LogP contribution in [0.4, 0.5) is 13.2 Å². The summed E-state index contributed by atoms with van der Waals surface area (Å²) >= 11 is 5.54. The standard InChI is InChI=1S/C9H5ClF3NO/c10-7-4-6(9(11,12)13)5-14-8(7)2-1-3-15/h1-5H. The molecule has 0 radical (unpaired) electrons. The SMILES string of the molecule is O=CC=Cc1ncc(C(F)(F)F)cc1Cl. The molecule has 0 amide bonds. The van der Waals surface area contributed by atoms with E-state index >= 15 is 0 Å². The number of hydrogen-bond donors (Lipinski definition) is 0. The second kappa shape index (κ2) is 4.44. The first kappa shape index (κ1) is 11.7. The lowest BCUT2D eigenvalue weighted by molar-refractivity contribution is -0.137. The molecule has 1 heterocycles. The molecule has 0 aliphatic carbocycles. The van der Waals surface area contributed by atoms with Gasteiger partial charge in [-0.2, -0.15) is 13.2 Å². The van der Waals surface area contributed by atoms with Crippen molar-refractivity contribution in [3.8, 4) is 0 Å². The van der Waals surface area contributed by atoms with Crippen molar-refractivity contribution < 1.29 is 18.0 Å². The third-order valence-corrected chi connectivity index (χ3v) is 1.83. The topological polar surface area (TPSA) is 30.0 Å². The van der Waals surface area contributed by atoms with Crippen LogP contribution in [-0.4, -0.2) is 11.3 Å². The van der Waals surface area contributed by atoms with Gasteiger partial charge in [-0.05, 0) is 18.2 Å². The fraction of sp³-hybridized carbons (Fsp3) is 0.111. The molecule has 0 saturated heterocycles. The molecule has 0 saturated carbocycles. The molecule has 80 valence electrons. The smallest absolute Gasteiger partial charge is 0.299 e. The Morgan fingerprint density at radius 1 is 1.40 bits per heavy atom. The number of halogens is 4. The normalized spacial score (nSPS) is 12.0. The highest BCUT2D eigenvalue weighted by atomic mass is 35.5. The van der Waals surface area contributed by atoms with E-state index in [1.54, 1.807) is 0 Å². The molecule has 6 heteroatoms. The molecule has 1 aromatic rings. The summed E-state index contributed by atoms with van der Waals surface area (Å²) in [4.78, 5) is 13.5. The second-order valence-corrected chi connectivity index (χ2v) is 2.99. The van der Waals surface area contributed by atoms with Gasteiger partial charge in [-0.1, -0.05) is 11.6 Å². The van der Waals surface area contributed by atoms with Gasteiger partial charge in [0.2, 0.25) is 0 Å². The summed E-state index contributed by atoms with van der Waals surface area (Å²) in [5, 5.41) is -0.150. The largest absolute Gasteiger partial charge is 0.417 e. The summed E-state index contributed by atoms with van der Waals surface area (Å²) in [6, 6.07) is 0.763. The van der Waals surface area contributed by atoms with Gasteiger partial charge in [0.25, 0.3) is 0 Å². The second-order valence-electron chi connectivity index (χ2n) is 2.58. The molecule has 0 bridgehead atoms. The van der Waals surface area contributed by atoms with Crippen molar-refractivity contribution in [2.45, 2.75) is 6.18 Å². The zero-order chi connectivity index (χ0) is 11.5. The third kappa shape index (κ3) is 3.06. The maximum atomic E-state index is 12.2. The maximum absolute atomic E-state index is 12.2. The number of aromatic nitrogens is 1. The average molecular weight is 236 g/mol. The Balaban J connectivity index is 3.09. The Kier molecular flexibility index (Phi) is 3.47. The molecule has 0 aliphatic rings. The number of aldehydes is 1. The lowest BCUT2D eigenvalue weighted by Gasteiger charge is -2.06. The molecular weight excluding hydrogens is 231 g/mol. The number of alkyl halides is 3. The van der Waals surface area contributed by atoms with Crippen LogP contribution in [0.3, 0.4) is 0 Å². The van der Waals surface area contributed by atoms with Crippen molar-refractivity contribution in [1.82, 2.24) is 4.98 Å². The van der Waals surface area contributed by atoms with Gasteiger partial charge in [-0.25, -0.2) is 0 Å². The van der Waals surface area contributed by atoms with E-state index in [9.17, 15) is 18.0 Å². The first-order chi connectivity index (χ1) is 6.95. The van der Waals surface area contributed by atoms with Crippen molar-refractivity contribution in [2.75, 3.05) is 0 Å². The van der Waals surface area contributed by atoms with Gasteiger partial charge in [0.1, 0.15) is 6.29 Å². The van der Waals surface area contributed by atoms with Crippen LogP contribution in [0.25, 0.3) is 6.08 Å². The molecule has 0 aliphatic heterocycles. The average Bonchev–Trinajstić information content (AvgIpc) is 2.14. The zero-order valence-corrected chi connectivity index (χ0v) is 8.01. The number of carbonyl (C=O) groups excluding carboxylic acids is 1. The van der Waals surface area contributed by atoms with E-state index in [4.69, 9.17) is 11.6 Å². The Hall–Kier alpha value is -1.36. The van der Waals surface area contributed by atoms with E-state index in [1.165, 1.54) is 6.08 Å². The Morgan fingerprint density at radius 3 is 2.53 bits per heavy atom. The summed E-state index contributed by atoms with van der Waals surface area (Å²) in [6.07, 6.45) is -0.994. The molecule has 0 unspecified atom stereocenters. The number of allylic oxidation sites excluding steroid dienone is 1. The molecule has 0 atom stereocenters. The first-order valence-corrected chi connectivity index (χ1v) is 4.17. The van der Waals surface area contributed by atoms with Crippen LogP contribution < -0.4 is 0 Å². The van der Waals surface area contributed by atoms with Crippen LogP contribution in [0.5, 0.6) is 0 Å². The van der Waals surface area contributed by atoms with E-state index in [0.717, 1.165) is 12.1 Å². The molecule has 1 rings (SSSR count). The highest BCUT2D eigenvalue weighted by Gasteiger charge is 2.31. The summed E-state index contributed by atoms with van der Waals surface area (Å²) in [7, 11) is 0. The van der Waals surface area contributed by atoms with Crippen molar-refractivity contribution in [3.63, 3.8) is 0 Å². The van der Waals surface area contributed by atoms with Crippen molar-refractivity contribution in [1.29, 1.82) is 0 Å². The van der Waals surface area contributed by atoms with E-state index < -0.39 is 11.7 Å². The molecule has 0 aromatic carbocycles. The zero-order valence-electron chi connectivity index (χ0n) is 7.25. The minimum Gasteiger partial charge on any atom is -0.299 e. The summed E-state index contributed by atoms with van der Waals surface area (Å²) in [5.74, 6) is 0. The Morgan fingerprint density at radius 2 is 2.07 bits per heavy atom. The molecule has 0 fully saturated rings. The molecule has 2 nitrogen and oxygen atoms in total. The number of nitrogens with zero attached hydrogens (tertiary/aromatic N) is 1.